The number of ether oxygens (including phenoxy) is 1. The maximum absolute atomic E-state index is 10.1. The zero-order chi connectivity index (χ0) is 11.5. The van der Waals surface area contributed by atoms with Crippen LogP contribution >= 0.6 is 11.3 Å². The SMILES string of the molecule is COc1ccccc1C(O)c1csc(N)n1. The van der Waals surface area contributed by atoms with Gasteiger partial charge in [-0.1, -0.05) is 18.2 Å². The third kappa shape index (κ3) is 2.00. The Balaban J connectivity index is 2.36. The summed E-state index contributed by atoms with van der Waals surface area (Å²) < 4.78 is 5.18. The molecule has 0 bridgehead atoms. The van der Waals surface area contributed by atoms with Crippen molar-refractivity contribution in [2.75, 3.05) is 12.8 Å². The van der Waals surface area contributed by atoms with E-state index in [4.69, 9.17) is 10.5 Å². The van der Waals surface area contributed by atoms with Crippen molar-refractivity contribution in [2.24, 2.45) is 0 Å². The number of aromatic nitrogens is 1. The van der Waals surface area contributed by atoms with E-state index < -0.39 is 6.10 Å². The van der Waals surface area contributed by atoms with Gasteiger partial charge < -0.3 is 15.6 Å². The summed E-state index contributed by atoms with van der Waals surface area (Å²) in [5.41, 5.74) is 6.77. The van der Waals surface area contributed by atoms with Gasteiger partial charge in [0.25, 0.3) is 0 Å². The zero-order valence-corrected chi connectivity index (χ0v) is 9.57. The number of aliphatic hydroxyl groups excluding tert-OH is 1. The van der Waals surface area contributed by atoms with Crippen LogP contribution in [0.15, 0.2) is 29.6 Å². The van der Waals surface area contributed by atoms with E-state index in [9.17, 15) is 5.11 Å². The fraction of sp³-hybridized carbons (Fsp3) is 0.182. The summed E-state index contributed by atoms with van der Waals surface area (Å²) in [5.74, 6) is 0.640. The summed E-state index contributed by atoms with van der Waals surface area (Å²) in [7, 11) is 1.57. The molecule has 0 aliphatic heterocycles. The fourth-order valence-electron chi connectivity index (χ4n) is 1.48. The van der Waals surface area contributed by atoms with Crippen molar-refractivity contribution in [3.8, 4) is 5.75 Å². The number of nitrogen functional groups attached to an aromatic ring is 1. The maximum Gasteiger partial charge on any atom is 0.180 e. The van der Waals surface area contributed by atoms with E-state index in [1.807, 2.05) is 12.1 Å². The quantitative estimate of drug-likeness (QED) is 0.853. The van der Waals surface area contributed by atoms with Crippen molar-refractivity contribution in [3.05, 3.63) is 40.9 Å². The molecule has 5 heteroatoms. The van der Waals surface area contributed by atoms with Crippen molar-refractivity contribution in [1.82, 2.24) is 4.98 Å². The molecule has 0 aliphatic carbocycles. The van der Waals surface area contributed by atoms with Gasteiger partial charge in [0.15, 0.2) is 5.13 Å². The van der Waals surface area contributed by atoms with E-state index in [1.54, 1.807) is 24.6 Å². The normalized spacial score (nSPS) is 12.4. The van der Waals surface area contributed by atoms with Crippen LogP contribution in [0.3, 0.4) is 0 Å². The minimum Gasteiger partial charge on any atom is -0.496 e. The highest BCUT2D eigenvalue weighted by molar-refractivity contribution is 7.13. The molecule has 84 valence electrons. The van der Waals surface area contributed by atoms with Crippen molar-refractivity contribution in [3.63, 3.8) is 0 Å². The predicted octanol–water partition coefficient (Wildman–Crippen LogP) is 1.82. The molecule has 1 aromatic heterocycles. The number of methoxy groups -OCH3 is 1. The first-order chi connectivity index (χ1) is 7.72. The van der Waals surface area contributed by atoms with Crippen LogP contribution in [0.5, 0.6) is 5.75 Å². The summed E-state index contributed by atoms with van der Waals surface area (Å²) in [6.45, 7) is 0. The number of nitrogens with two attached hydrogens (primary N) is 1. The Kier molecular flexibility index (Phi) is 3.07. The van der Waals surface area contributed by atoms with Crippen molar-refractivity contribution in [1.29, 1.82) is 0 Å². The van der Waals surface area contributed by atoms with Gasteiger partial charge in [0.2, 0.25) is 0 Å². The second-order valence-corrected chi connectivity index (χ2v) is 4.14. The van der Waals surface area contributed by atoms with Gasteiger partial charge in [-0.3, -0.25) is 0 Å². The molecule has 2 rings (SSSR count). The molecule has 3 N–H and O–H groups in total. The van der Waals surface area contributed by atoms with Crippen LogP contribution < -0.4 is 10.5 Å². The molecule has 0 aliphatic rings. The molecular formula is C11H12N2O2S. The standard InChI is InChI=1S/C11H12N2O2S/c1-15-9-5-3-2-4-7(9)10(14)8-6-16-11(12)13-8/h2-6,10,14H,1H3,(H2,12,13). The number of anilines is 1. The zero-order valence-electron chi connectivity index (χ0n) is 8.75. The molecule has 0 fully saturated rings. The lowest BCUT2D eigenvalue weighted by molar-refractivity contribution is 0.211. The average Bonchev–Trinajstić information content (AvgIpc) is 2.75. The summed E-state index contributed by atoms with van der Waals surface area (Å²) >= 11 is 1.31. The van der Waals surface area contributed by atoms with Crippen LogP contribution in [0.2, 0.25) is 0 Å². The van der Waals surface area contributed by atoms with Crippen LogP contribution in [-0.2, 0) is 0 Å². The number of aliphatic hydroxyl groups is 1. The van der Waals surface area contributed by atoms with E-state index in [-0.39, 0.29) is 0 Å². The first-order valence-corrected chi connectivity index (χ1v) is 5.62. The van der Waals surface area contributed by atoms with E-state index in [1.165, 1.54) is 11.3 Å². The molecule has 1 unspecified atom stereocenters. The van der Waals surface area contributed by atoms with E-state index in [2.05, 4.69) is 4.98 Å². The summed E-state index contributed by atoms with van der Waals surface area (Å²) in [6.07, 6.45) is -0.801. The van der Waals surface area contributed by atoms with Crippen LogP contribution in [0.25, 0.3) is 0 Å². The summed E-state index contributed by atoms with van der Waals surface area (Å²) in [6, 6.07) is 7.30. The van der Waals surface area contributed by atoms with Gasteiger partial charge in [0.05, 0.1) is 12.8 Å². The lowest BCUT2D eigenvalue weighted by Gasteiger charge is -2.12. The van der Waals surface area contributed by atoms with Gasteiger partial charge in [-0.2, -0.15) is 0 Å². The maximum atomic E-state index is 10.1. The molecule has 0 saturated carbocycles. The lowest BCUT2D eigenvalue weighted by Crippen LogP contribution is -2.02. The van der Waals surface area contributed by atoms with E-state index in [0.717, 1.165) is 0 Å². The van der Waals surface area contributed by atoms with Crippen LogP contribution in [0, 0.1) is 0 Å². The Morgan fingerprint density at radius 1 is 1.44 bits per heavy atom. The summed E-state index contributed by atoms with van der Waals surface area (Å²) in [4.78, 5) is 4.05. The molecule has 0 radical (unpaired) electrons. The number of benzene rings is 1. The minimum absolute atomic E-state index is 0.448. The molecule has 0 spiro atoms. The highest BCUT2D eigenvalue weighted by Gasteiger charge is 2.17. The van der Waals surface area contributed by atoms with Gasteiger partial charge in [0, 0.05) is 10.9 Å². The molecule has 1 heterocycles. The topological polar surface area (TPSA) is 68.4 Å². The number of rotatable bonds is 3. The second-order valence-electron chi connectivity index (χ2n) is 3.26. The molecule has 1 aromatic carbocycles. The smallest absolute Gasteiger partial charge is 0.180 e. The number of thiazole rings is 1. The second kappa shape index (κ2) is 4.51. The van der Waals surface area contributed by atoms with Gasteiger partial charge >= 0.3 is 0 Å². The Bertz CT molecular complexity index is 484. The average molecular weight is 236 g/mol. The van der Waals surface area contributed by atoms with Crippen LogP contribution in [-0.4, -0.2) is 17.2 Å². The van der Waals surface area contributed by atoms with Crippen LogP contribution in [0.4, 0.5) is 5.13 Å². The Morgan fingerprint density at radius 3 is 2.81 bits per heavy atom. The lowest BCUT2D eigenvalue weighted by atomic mass is 10.1. The van der Waals surface area contributed by atoms with Gasteiger partial charge in [-0.15, -0.1) is 11.3 Å². The first-order valence-electron chi connectivity index (χ1n) is 4.74. The largest absolute Gasteiger partial charge is 0.496 e. The highest BCUT2D eigenvalue weighted by Crippen LogP contribution is 2.30. The molecule has 16 heavy (non-hydrogen) atoms. The molecule has 0 amide bonds. The van der Waals surface area contributed by atoms with Crippen molar-refractivity contribution >= 4 is 16.5 Å². The Morgan fingerprint density at radius 2 is 2.19 bits per heavy atom. The Labute approximate surface area is 97.3 Å². The van der Waals surface area contributed by atoms with Gasteiger partial charge in [-0.05, 0) is 6.07 Å². The van der Waals surface area contributed by atoms with Gasteiger partial charge in [-0.25, -0.2) is 4.98 Å². The third-order valence-corrected chi connectivity index (χ3v) is 2.95. The monoisotopic (exact) mass is 236 g/mol. The predicted molar refractivity (Wildman–Crippen MR) is 63.6 cm³/mol. The van der Waals surface area contributed by atoms with Crippen molar-refractivity contribution < 1.29 is 9.84 Å². The third-order valence-electron chi connectivity index (χ3n) is 2.25. The number of nitrogens with zero attached hydrogens (tertiary/aromatic N) is 1. The fourth-order valence-corrected chi connectivity index (χ4v) is 2.06. The number of para-hydroxylation sites is 1. The first kappa shape index (κ1) is 10.9. The minimum atomic E-state index is -0.801. The molecule has 1 atom stereocenters. The molecule has 0 saturated heterocycles. The number of hydrogen-bond donors (Lipinski definition) is 2. The number of hydrogen-bond acceptors (Lipinski definition) is 5. The van der Waals surface area contributed by atoms with Crippen LogP contribution in [0.1, 0.15) is 17.4 Å². The molecule has 2 aromatic rings. The Hall–Kier alpha value is -1.59. The highest BCUT2D eigenvalue weighted by atomic mass is 32.1. The van der Waals surface area contributed by atoms with E-state index in [0.29, 0.717) is 22.1 Å². The van der Waals surface area contributed by atoms with Crippen molar-refractivity contribution in [2.45, 2.75) is 6.10 Å². The summed E-state index contributed by atoms with van der Waals surface area (Å²) in [5, 5.41) is 12.3. The van der Waals surface area contributed by atoms with Gasteiger partial charge in [0.1, 0.15) is 11.9 Å². The molecule has 4 nitrogen and oxygen atoms in total. The molecular weight excluding hydrogens is 224 g/mol. The van der Waals surface area contributed by atoms with E-state index >= 15 is 0 Å².